The number of halogens is 4. The Morgan fingerprint density at radius 1 is 1.19 bits per heavy atom. The number of carbonyl (C=O) groups is 2. The Morgan fingerprint density at radius 3 is 2.58 bits per heavy atom. The van der Waals surface area contributed by atoms with Crippen molar-refractivity contribution in [3.8, 4) is 11.5 Å². The number of Topliss-reactive ketones (excluding diaryl/α,β-unsaturated/α-hetero) is 1. The third-order valence-corrected chi connectivity index (χ3v) is 6.01. The fourth-order valence-corrected chi connectivity index (χ4v) is 4.40. The molecule has 196 valence electrons. The Morgan fingerprint density at radius 2 is 1.92 bits per heavy atom. The summed E-state index contributed by atoms with van der Waals surface area (Å²) in [5.74, 6) is -0.908. The van der Waals surface area contributed by atoms with Crippen LogP contribution in [0.5, 0.6) is 11.5 Å². The molecule has 1 atom stereocenters. The van der Waals surface area contributed by atoms with Gasteiger partial charge in [0.05, 0.1) is 18.1 Å². The van der Waals surface area contributed by atoms with Crippen LogP contribution in [0.2, 0.25) is 5.02 Å². The lowest BCUT2D eigenvalue weighted by Gasteiger charge is -2.19. The molecule has 0 aliphatic carbocycles. The highest BCUT2D eigenvalue weighted by Crippen LogP contribution is 2.41. The van der Waals surface area contributed by atoms with Crippen LogP contribution in [0.4, 0.5) is 13.2 Å². The maximum atomic E-state index is 13.9. The second-order valence-electron chi connectivity index (χ2n) is 9.79. The van der Waals surface area contributed by atoms with Crippen LogP contribution in [-0.4, -0.2) is 24.0 Å². The molecule has 0 N–H and O–H groups in total. The fraction of sp³-hybridized carbons (Fsp3) is 0.481. The Bertz CT molecular complexity index is 1130. The van der Waals surface area contributed by atoms with Crippen molar-refractivity contribution in [3.05, 3.63) is 57.6 Å². The number of hydrogen-bond donors (Lipinski definition) is 0. The van der Waals surface area contributed by atoms with Crippen molar-refractivity contribution in [1.82, 2.24) is 0 Å². The Labute approximate surface area is 213 Å². The molecule has 36 heavy (non-hydrogen) atoms. The van der Waals surface area contributed by atoms with E-state index in [4.69, 9.17) is 25.8 Å². The highest BCUT2D eigenvalue weighted by molar-refractivity contribution is 6.30. The molecule has 0 bridgehead atoms. The van der Waals surface area contributed by atoms with Gasteiger partial charge in [0.25, 0.3) is 0 Å². The molecule has 1 aliphatic rings. The molecule has 0 saturated heterocycles. The van der Waals surface area contributed by atoms with Crippen molar-refractivity contribution in [2.24, 2.45) is 5.92 Å². The molecule has 0 radical (unpaired) electrons. The van der Waals surface area contributed by atoms with E-state index in [9.17, 15) is 22.8 Å². The third kappa shape index (κ3) is 7.38. The lowest BCUT2D eigenvalue weighted by atomic mass is 9.99. The van der Waals surface area contributed by atoms with Crippen LogP contribution in [0.15, 0.2) is 30.3 Å². The van der Waals surface area contributed by atoms with Crippen molar-refractivity contribution < 1.29 is 37.0 Å². The average molecular weight is 527 g/mol. The summed E-state index contributed by atoms with van der Waals surface area (Å²) >= 11 is 6.21. The summed E-state index contributed by atoms with van der Waals surface area (Å²) in [7, 11) is 0. The van der Waals surface area contributed by atoms with E-state index in [-0.39, 0.29) is 31.2 Å². The maximum absolute atomic E-state index is 13.9. The Hall–Kier alpha value is -2.74. The zero-order valence-corrected chi connectivity index (χ0v) is 21.5. The summed E-state index contributed by atoms with van der Waals surface area (Å²) in [6, 6.07) is 7.19. The van der Waals surface area contributed by atoms with Crippen molar-refractivity contribution in [2.75, 3.05) is 6.61 Å². The van der Waals surface area contributed by atoms with Gasteiger partial charge in [-0.15, -0.1) is 0 Å². The first-order valence-corrected chi connectivity index (χ1v) is 12.1. The van der Waals surface area contributed by atoms with Crippen LogP contribution < -0.4 is 9.47 Å². The lowest BCUT2D eigenvalue weighted by Crippen LogP contribution is -2.25. The summed E-state index contributed by atoms with van der Waals surface area (Å²) in [5, 5.41) is 0.460. The van der Waals surface area contributed by atoms with Gasteiger partial charge in [-0.3, -0.25) is 4.79 Å². The standard InChI is InChI=1S/C27H30ClF3O5/c1-16(25(33)34-9-5-6-17(2)32)10-18-7-8-23(22(11-18)27(29,30)31)35-15-20-13-21(28)12-19-14-26(3,4)36-24(19)20/h7-8,11-13,16H,5-6,9-10,14-15H2,1-4H3. The predicted molar refractivity (Wildman–Crippen MR) is 129 cm³/mol. The van der Waals surface area contributed by atoms with Crippen LogP contribution in [0, 0.1) is 5.92 Å². The molecular weight excluding hydrogens is 497 g/mol. The van der Waals surface area contributed by atoms with Gasteiger partial charge in [-0.05, 0) is 69.0 Å². The molecule has 9 heteroatoms. The predicted octanol–water partition coefficient (Wildman–Crippen LogP) is 6.74. The molecule has 5 nitrogen and oxygen atoms in total. The molecule has 1 aliphatic heterocycles. The van der Waals surface area contributed by atoms with E-state index in [1.807, 2.05) is 13.8 Å². The number of esters is 1. The van der Waals surface area contributed by atoms with Crippen LogP contribution in [-0.2, 0) is 40.0 Å². The van der Waals surface area contributed by atoms with E-state index >= 15 is 0 Å². The van der Waals surface area contributed by atoms with Gasteiger partial charge < -0.3 is 19.0 Å². The largest absolute Gasteiger partial charge is 0.488 e. The monoisotopic (exact) mass is 526 g/mol. The second-order valence-corrected chi connectivity index (χ2v) is 10.2. The molecule has 1 heterocycles. The highest BCUT2D eigenvalue weighted by Gasteiger charge is 2.36. The number of ether oxygens (including phenoxy) is 3. The third-order valence-electron chi connectivity index (χ3n) is 5.80. The Balaban J connectivity index is 1.71. The van der Waals surface area contributed by atoms with Gasteiger partial charge in [0.1, 0.15) is 29.5 Å². The van der Waals surface area contributed by atoms with E-state index in [1.165, 1.54) is 19.1 Å². The summed E-state index contributed by atoms with van der Waals surface area (Å²) in [5.41, 5.74) is 0.422. The molecule has 0 amide bonds. The summed E-state index contributed by atoms with van der Waals surface area (Å²) in [6.45, 7) is 6.84. The number of alkyl halides is 3. The minimum atomic E-state index is -4.66. The topological polar surface area (TPSA) is 61.8 Å². The van der Waals surface area contributed by atoms with Gasteiger partial charge in [0.2, 0.25) is 0 Å². The van der Waals surface area contributed by atoms with Gasteiger partial charge in [-0.2, -0.15) is 13.2 Å². The minimum absolute atomic E-state index is 0.00259. The van der Waals surface area contributed by atoms with Crippen LogP contribution in [0.1, 0.15) is 62.8 Å². The fourth-order valence-electron chi connectivity index (χ4n) is 4.13. The molecule has 1 unspecified atom stereocenters. The first kappa shape index (κ1) is 27.8. The molecule has 2 aromatic carbocycles. The zero-order chi connectivity index (χ0) is 26.7. The summed E-state index contributed by atoms with van der Waals surface area (Å²) < 4.78 is 58.3. The molecule has 2 aromatic rings. The highest BCUT2D eigenvalue weighted by atomic mass is 35.5. The molecule has 3 rings (SSSR count). The van der Waals surface area contributed by atoms with Gasteiger partial charge in [0.15, 0.2) is 0 Å². The van der Waals surface area contributed by atoms with Crippen molar-refractivity contribution in [2.45, 2.75) is 71.8 Å². The van der Waals surface area contributed by atoms with Gasteiger partial charge in [-0.25, -0.2) is 0 Å². The normalized spacial score (nSPS) is 15.1. The smallest absolute Gasteiger partial charge is 0.419 e. The van der Waals surface area contributed by atoms with E-state index in [1.54, 1.807) is 19.1 Å². The molecule has 0 aromatic heterocycles. The average Bonchev–Trinajstić information content (AvgIpc) is 3.08. The van der Waals surface area contributed by atoms with E-state index in [2.05, 4.69) is 0 Å². The zero-order valence-electron chi connectivity index (χ0n) is 20.8. The summed E-state index contributed by atoms with van der Waals surface area (Å²) in [6.07, 6.45) is -3.23. The number of carbonyl (C=O) groups excluding carboxylic acids is 2. The SMILES string of the molecule is CC(=O)CCCOC(=O)C(C)Cc1ccc(OCc2cc(Cl)cc3c2OC(C)(C)C3)c(C(F)(F)F)c1. The number of fused-ring (bicyclic) bond motifs is 1. The van der Waals surface area contributed by atoms with Crippen LogP contribution in [0.3, 0.4) is 0 Å². The molecule has 0 saturated carbocycles. The molecule has 0 spiro atoms. The van der Waals surface area contributed by atoms with Crippen molar-refractivity contribution >= 4 is 23.4 Å². The summed E-state index contributed by atoms with van der Waals surface area (Å²) in [4.78, 5) is 23.2. The second kappa shape index (κ2) is 11.1. The maximum Gasteiger partial charge on any atom is 0.419 e. The van der Waals surface area contributed by atoms with Gasteiger partial charge in [0, 0.05) is 23.4 Å². The quantitative estimate of drug-likeness (QED) is 0.253. The van der Waals surface area contributed by atoms with Crippen LogP contribution in [0.25, 0.3) is 0 Å². The van der Waals surface area contributed by atoms with Gasteiger partial charge >= 0.3 is 12.1 Å². The first-order chi connectivity index (χ1) is 16.7. The molecular formula is C27H30ClF3O5. The lowest BCUT2D eigenvalue weighted by molar-refractivity contribution is -0.148. The number of benzene rings is 2. The van der Waals surface area contributed by atoms with Crippen molar-refractivity contribution in [1.29, 1.82) is 0 Å². The number of hydrogen-bond acceptors (Lipinski definition) is 5. The van der Waals surface area contributed by atoms with E-state index in [0.717, 1.165) is 11.6 Å². The Kier molecular flexibility index (Phi) is 8.59. The van der Waals surface area contributed by atoms with E-state index < -0.39 is 29.2 Å². The van der Waals surface area contributed by atoms with Crippen LogP contribution >= 0.6 is 11.6 Å². The number of rotatable bonds is 10. The first-order valence-electron chi connectivity index (χ1n) is 11.7. The molecule has 0 fully saturated rings. The van der Waals surface area contributed by atoms with E-state index in [0.29, 0.717) is 41.2 Å². The number of ketones is 1. The van der Waals surface area contributed by atoms with Crippen molar-refractivity contribution in [3.63, 3.8) is 0 Å². The van der Waals surface area contributed by atoms with Gasteiger partial charge in [-0.1, -0.05) is 24.6 Å². The minimum Gasteiger partial charge on any atom is -0.488 e.